The number of nitro groups is 2. The van der Waals surface area contributed by atoms with Gasteiger partial charge >= 0.3 is 11.6 Å². The van der Waals surface area contributed by atoms with Gasteiger partial charge in [-0.3, -0.25) is 31.1 Å². The highest BCUT2D eigenvalue weighted by Crippen LogP contribution is 2.05. The monoisotopic (exact) mass is 173 g/mol. The minimum Gasteiger partial charge on any atom is -0.289 e. The van der Waals surface area contributed by atoms with Gasteiger partial charge in [0.1, 0.15) is 16.2 Å². The van der Waals surface area contributed by atoms with E-state index >= 15 is 0 Å². The summed E-state index contributed by atoms with van der Waals surface area (Å²) in [4.78, 5) is 21.3. The lowest BCUT2D eigenvalue weighted by molar-refractivity contribution is -0.617. The molecule has 0 saturated heterocycles. The summed E-state index contributed by atoms with van der Waals surface area (Å²) in [6.07, 6.45) is 1.07. The number of hydrogen-bond acceptors (Lipinski definition) is 7. The van der Waals surface area contributed by atoms with Crippen LogP contribution in [0.3, 0.4) is 0 Å². The van der Waals surface area contributed by atoms with Crippen molar-refractivity contribution in [3.8, 4) is 0 Å². The molecule has 0 amide bonds. The van der Waals surface area contributed by atoms with Gasteiger partial charge in [-0.2, -0.15) is 0 Å². The molecule has 0 bridgehead atoms. The summed E-state index contributed by atoms with van der Waals surface area (Å²) >= 11 is 0. The Kier molecular flexibility index (Phi) is 1.86. The molecule has 9 heteroatoms. The third-order valence-electron chi connectivity index (χ3n) is 1.01. The summed E-state index contributed by atoms with van der Waals surface area (Å²) in [5.74, 6) is -1.60. The van der Waals surface area contributed by atoms with Crippen molar-refractivity contribution in [2.75, 3.05) is 0 Å². The molecule has 0 fully saturated rings. The summed E-state index contributed by atoms with van der Waals surface area (Å²) in [5.41, 5.74) is 4.40. The van der Waals surface area contributed by atoms with Crippen molar-refractivity contribution < 1.29 is 9.85 Å². The normalized spacial score (nSPS) is 13.5. The number of rotatable bonds is 2. The topological polar surface area (TPSA) is 123 Å². The van der Waals surface area contributed by atoms with Crippen LogP contribution in [0.25, 0.3) is 0 Å². The standard InChI is InChI=1S/C3H3N5O4/c9-7(10)3(8(11)12)2-4-1-5-6-2/h1,6H,(H,4,5). The third-order valence-corrected chi connectivity index (χ3v) is 1.01. The molecule has 0 aromatic rings. The molecule has 2 N–H and O–H groups in total. The Morgan fingerprint density at radius 1 is 1.42 bits per heavy atom. The molecule has 0 saturated carbocycles. The molecule has 12 heavy (non-hydrogen) atoms. The van der Waals surface area contributed by atoms with Gasteiger partial charge in [0.15, 0.2) is 0 Å². The van der Waals surface area contributed by atoms with E-state index in [1.54, 1.807) is 0 Å². The van der Waals surface area contributed by atoms with Gasteiger partial charge in [0.25, 0.3) is 0 Å². The summed E-state index contributed by atoms with van der Waals surface area (Å²) in [5, 5.41) is 20.2. The van der Waals surface area contributed by atoms with E-state index in [1.807, 2.05) is 0 Å². The quantitative estimate of drug-likeness (QED) is 0.399. The molecule has 1 aliphatic heterocycles. The first-order chi connectivity index (χ1) is 5.63. The van der Waals surface area contributed by atoms with Gasteiger partial charge in [0, 0.05) is 0 Å². The number of nitrogens with one attached hydrogen (secondary N) is 2. The molecule has 1 aliphatic rings. The maximum Gasteiger partial charge on any atom is 0.603 e. The predicted octanol–water partition coefficient (Wildman–Crippen LogP) is -1.20. The summed E-state index contributed by atoms with van der Waals surface area (Å²) in [6, 6.07) is 0. The van der Waals surface area contributed by atoms with E-state index in [-0.39, 0.29) is 0 Å². The summed E-state index contributed by atoms with van der Waals surface area (Å²) < 4.78 is 0. The zero-order valence-electron chi connectivity index (χ0n) is 5.55. The smallest absolute Gasteiger partial charge is 0.289 e. The Bertz CT molecular complexity index is 277. The molecule has 1 rings (SSSR count). The number of aliphatic imine (C=N–C) groups is 1. The van der Waals surface area contributed by atoms with Gasteiger partial charge in [-0.25, -0.2) is 4.99 Å². The molecule has 1 heterocycles. The molecular formula is C3H3N5O4. The van der Waals surface area contributed by atoms with E-state index in [0.717, 1.165) is 6.34 Å². The van der Waals surface area contributed by atoms with Gasteiger partial charge in [-0.1, -0.05) is 0 Å². The van der Waals surface area contributed by atoms with Gasteiger partial charge in [-0.15, -0.1) is 0 Å². The van der Waals surface area contributed by atoms with Crippen molar-refractivity contribution in [2.24, 2.45) is 4.99 Å². The fourth-order valence-electron chi connectivity index (χ4n) is 0.583. The highest BCUT2D eigenvalue weighted by Gasteiger charge is 2.33. The lowest BCUT2D eigenvalue weighted by Gasteiger charge is -1.92. The van der Waals surface area contributed by atoms with Crippen LogP contribution in [0, 0.1) is 20.2 Å². The van der Waals surface area contributed by atoms with Crippen molar-refractivity contribution in [3.63, 3.8) is 0 Å². The molecule has 64 valence electrons. The molecule has 0 aliphatic carbocycles. The molecule has 0 radical (unpaired) electrons. The molecule has 9 nitrogen and oxygen atoms in total. The van der Waals surface area contributed by atoms with Crippen LogP contribution >= 0.6 is 0 Å². The number of nitrogens with zero attached hydrogens (tertiary/aromatic N) is 3. The Morgan fingerprint density at radius 3 is 2.33 bits per heavy atom. The van der Waals surface area contributed by atoms with Crippen molar-refractivity contribution in [1.29, 1.82) is 0 Å². The van der Waals surface area contributed by atoms with E-state index in [1.165, 1.54) is 0 Å². The highest BCUT2D eigenvalue weighted by molar-refractivity contribution is 5.58. The fourth-order valence-corrected chi connectivity index (χ4v) is 0.583. The Balaban J connectivity index is 3.06. The van der Waals surface area contributed by atoms with Crippen LogP contribution in [0.4, 0.5) is 0 Å². The third kappa shape index (κ3) is 1.28. The minimum atomic E-state index is -1.18. The van der Waals surface area contributed by atoms with Crippen LogP contribution in [0.5, 0.6) is 0 Å². The maximum absolute atomic E-state index is 10.1. The van der Waals surface area contributed by atoms with Crippen LogP contribution in [0.2, 0.25) is 0 Å². The average Bonchev–Trinajstić information content (AvgIpc) is 2.37. The van der Waals surface area contributed by atoms with Crippen LogP contribution in [0.1, 0.15) is 0 Å². The average molecular weight is 173 g/mol. The molecule has 0 aromatic heterocycles. The van der Waals surface area contributed by atoms with Crippen molar-refractivity contribution in [2.45, 2.75) is 0 Å². The largest absolute Gasteiger partial charge is 0.603 e. The second kappa shape index (κ2) is 2.82. The van der Waals surface area contributed by atoms with Gasteiger partial charge in [-0.05, 0) is 0 Å². The first-order valence-corrected chi connectivity index (χ1v) is 2.70. The van der Waals surface area contributed by atoms with Crippen LogP contribution in [-0.2, 0) is 0 Å². The minimum absolute atomic E-state index is 0.412. The van der Waals surface area contributed by atoms with E-state index < -0.39 is 21.5 Å². The molecule has 0 atom stereocenters. The maximum atomic E-state index is 10.1. The molecule has 0 unspecified atom stereocenters. The van der Waals surface area contributed by atoms with E-state index in [4.69, 9.17) is 0 Å². The van der Waals surface area contributed by atoms with E-state index in [0.29, 0.717) is 0 Å². The zero-order chi connectivity index (χ0) is 9.14. The first-order valence-electron chi connectivity index (χ1n) is 2.70. The Morgan fingerprint density at radius 2 is 2.00 bits per heavy atom. The zero-order valence-corrected chi connectivity index (χ0v) is 5.55. The fraction of sp³-hybridized carbons (Fsp3) is 0. The van der Waals surface area contributed by atoms with E-state index in [9.17, 15) is 20.2 Å². The molecule has 0 aromatic carbocycles. The van der Waals surface area contributed by atoms with Gasteiger partial charge < -0.3 is 0 Å². The molecular weight excluding hydrogens is 170 g/mol. The van der Waals surface area contributed by atoms with Gasteiger partial charge in [0.05, 0.1) is 0 Å². The van der Waals surface area contributed by atoms with Crippen LogP contribution < -0.4 is 10.9 Å². The predicted molar refractivity (Wildman–Crippen MR) is 35.8 cm³/mol. The van der Waals surface area contributed by atoms with Crippen molar-refractivity contribution in [3.05, 3.63) is 31.9 Å². The Labute approximate surface area is 65.0 Å². The first kappa shape index (κ1) is 7.91. The number of hydrogen-bond donors (Lipinski definition) is 2. The SMILES string of the molecule is O=[N+]([O-])C(=C1N=CNN1)[N+](=O)[O-]. The Hall–Kier alpha value is -2.19. The van der Waals surface area contributed by atoms with Gasteiger partial charge in [0.2, 0.25) is 0 Å². The van der Waals surface area contributed by atoms with Crippen molar-refractivity contribution in [1.82, 2.24) is 10.9 Å². The summed E-state index contributed by atoms with van der Waals surface area (Å²) in [7, 11) is 0. The second-order valence-corrected chi connectivity index (χ2v) is 1.71. The lowest BCUT2D eigenvalue weighted by atomic mass is 10.7. The summed E-state index contributed by atoms with van der Waals surface area (Å²) in [6.45, 7) is 0. The van der Waals surface area contributed by atoms with Crippen LogP contribution in [-0.4, -0.2) is 16.2 Å². The van der Waals surface area contributed by atoms with Crippen LogP contribution in [0.15, 0.2) is 16.6 Å². The molecule has 0 spiro atoms. The van der Waals surface area contributed by atoms with E-state index in [2.05, 4.69) is 15.8 Å². The highest BCUT2D eigenvalue weighted by atomic mass is 16.7. The second-order valence-electron chi connectivity index (χ2n) is 1.71. The lowest BCUT2D eigenvalue weighted by Crippen LogP contribution is -2.25. The number of hydrazine groups is 1. The van der Waals surface area contributed by atoms with Crippen molar-refractivity contribution >= 4 is 6.34 Å².